The first-order valence-corrected chi connectivity index (χ1v) is 24.0. The van der Waals surface area contributed by atoms with E-state index in [2.05, 4.69) is 31.3 Å². The van der Waals surface area contributed by atoms with Crippen molar-refractivity contribution in [1.29, 1.82) is 0 Å². The van der Waals surface area contributed by atoms with Crippen LogP contribution in [0.25, 0.3) is 0 Å². The quantitative estimate of drug-likeness (QED) is 0.0369. The van der Waals surface area contributed by atoms with Crippen LogP contribution < -0.4 is 5.32 Å². The third kappa shape index (κ3) is 40.6. The van der Waals surface area contributed by atoms with Crippen molar-refractivity contribution in [3.8, 4) is 0 Å². The molecule has 1 amide bonds. The highest BCUT2D eigenvalue weighted by atomic mass is 16.3. The fourth-order valence-corrected chi connectivity index (χ4v) is 7.64. The molecule has 3 unspecified atom stereocenters. The molecule has 0 heterocycles. The maximum absolute atomic E-state index is 12.5. The molecule has 0 aromatic heterocycles. The normalized spacial score (nSPS) is 13.5. The van der Waals surface area contributed by atoms with E-state index >= 15 is 0 Å². The SMILES string of the molecule is CCCCCCCCCCCCCC/C=C\CCCCCCCCCCCCC(O)CC(=O)NC(CO)C(O)CCCCCCCCCCCCCC. The van der Waals surface area contributed by atoms with E-state index in [1.165, 1.54) is 205 Å². The average Bonchev–Trinajstić information content (AvgIpc) is 3.15. The Bertz CT molecular complexity index is 743. The van der Waals surface area contributed by atoms with Gasteiger partial charge in [0.05, 0.1) is 31.3 Å². The van der Waals surface area contributed by atoms with Gasteiger partial charge in [0.2, 0.25) is 5.91 Å². The van der Waals surface area contributed by atoms with Gasteiger partial charge in [-0.1, -0.05) is 231 Å². The second kappa shape index (κ2) is 43.8. The zero-order valence-corrected chi connectivity index (χ0v) is 35.9. The minimum Gasteiger partial charge on any atom is -0.394 e. The van der Waals surface area contributed by atoms with Gasteiger partial charge in [-0.3, -0.25) is 4.79 Å². The van der Waals surface area contributed by atoms with Gasteiger partial charge < -0.3 is 20.6 Å². The first-order chi connectivity index (χ1) is 26.0. The van der Waals surface area contributed by atoms with Gasteiger partial charge in [-0.05, 0) is 38.5 Å². The molecule has 5 nitrogen and oxygen atoms in total. The topological polar surface area (TPSA) is 89.8 Å². The van der Waals surface area contributed by atoms with Gasteiger partial charge in [0.15, 0.2) is 0 Å². The summed E-state index contributed by atoms with van der Waals surface area (Å²) < 4.78 is 0. The van der Waals surface area contributed by atoms with E-state index in [-0.39, 0.29) is 18.9 Å². The number of rotatable bonds is 44. The van der Waals surface area contributed by atoms with Crippen LogP contribution in [0.2, 0.25) is 0 Å². The summed E-state index contributed by atoms with van der Waals surface area (Å²) >= 11 is 0. The molecule has 0 rings (SSSR count). The smallest absolute Gasteiger partial charge is 0.222 e. The largest absolute Gasteiger partial charge is 0.394 e. The molecule has 0 fully saturated rings. The monoisotopic (exact) mass is 750 g/mol. The molecule has 0 aromatic rings. The molecule has 0 radical (unpaired) electrons. The minimum atomic E-state index is -0.745. The van der Waals surface area contributed by atoms with Crippen molar-refractivity contribution in [3.05, 3.63) is 12.2 Å². The van der Waals surface area contributed by atoms with Gasteiger partial charge in [0.25, 0.3) is 0 Å². The summed E-state index contributed by atoms with van der Waals surface area (Å²) in [5, 5.41) is 33.4. The number of allylic oxidation sites excluding steroid dienone is 2. The maximum atomic E-state index is 12.5. The zero-order valence-electron chi connectivity index (χ0n) is 35.9. The van der Waals surface area contributed by atoms with Gasteiger partial charge in [-0.15, -0.1) is 0 Å². The molecule has 0 bridgehead atoms. The molecule has 0 aromatic carbocycles. The van der Waals surface area contributed by atoms with Crippen molar-refractivity contribution < 1.29 is 20.1 Å². The van der Waals surface area contributed by atoms with Crippen molar-refractivity contribution in [2.75, 3.05) is 6.61 Å². The van der Waals surface area contributed by atoms with E-state index < -0.39 is 18.2 Å². The lowest BCUT2D eigenvalue weighted by molar-refractivity contribution is -0.125. The molecule has 0 aliphatic rings. The first kappa shape index (κ1) is 52.1. The van der Waals surface area contributed by atoms with Crippen molar-refractivity contribution >= 4 is 5.91 Å². The van der Waals surface area contributed by atoms with Gasteiger partial charge in [0, 0.05) is 0 Å². The third-order valence-electron chi connectivity index (χ3n) is 11.3. The summed E-state index contributed by atoms with van der Waals surface area (Å²) in [6.45, 7) is 4.27. The van der Waals surface area contributed by atoms with Crippen LogP contribution in [0.5, 0.6) is 0 Å². The van der Waals surface area contributed by atoms with Crippen LogP contribution in [0.15, 0.2) is 12.2 Å². The Morgan fingerprint density at radius 2 is 0.755 bits per heavy atom. The Hall–Kier alpha value is -0.910. The fourth-order valence-electron chi connectivity index (χ4n) is 7.64. The van der Waals surface area contributed by atoms with Crippen LogP contribution in [-0.2, 0) is 4.79 Å². The van der Waals surface area contributed by atoms with Crippen LogP contribution in [0.1, 0.15) is 264 Å². The van der Waals surface area contributed by atoms with E-state index in [0.717, 1.165) is 25.7 Å². The highest BCUT2D eigenvalue weighted by Crippen LogP contribution is 2.17. The molecule has 0 saturated carbocycles. The third-order valence-corrected chi connectivity index (χ3v) is 11.3. The van der Waals surface area contributed by atoms with E-state index in [4.69, 9.17) is 0 Å². The van der Waals surface area contributed by atoms with Gasteiger partial charge in [-0.25, -0.2) is 0 Å². The molecular formula is C48H95NO4. The highest BCUT2D eigenvalue weighted by molar-refractivity contribution is 5.76. The molecule has 316 valence electrons. The van der Waals surface area contributed by atoms with Gasteiger partial charge in [-0.2, -0.15) is 0 Å². The van der Waals surface area contributed by atoms with Crippen molar-refractivity contribution in [2.24, 2.45) is 0 Å². The minimum absolute atomic E-state index is 0.0387. The van der Waals surface area contributed by atoms with Crippen molar-refractivity contribution in [2.45, 2.75) is 283 Å². The molecule has 0 spiro atoms. The van der Waals surface area contributed by atoms with Crippen LogP contribution in [0.3, 0.4) is 0 Å². The highest BCUT2D eigenvalue weighted by Gasteiger charge is 2.21. The number of hydrogen-bond acceptors (Lipinski definition) is 4. The number of aliphatic hydroxyl groups is 3. The number of carbonyl (C=O) groups is 1. The van der Waals surface area contributed by atoms with Crippen LogP contribution in [-0.4, -0.2) is 46.1 Å². The standard InChI is InChI=1S/C48H95NO4/c1-3-5-7-9-11-13-15-17-18-19-20-21-22-23-24-25-26-27-28-29-30-31-33-35-37-39-41-45(51)43-48(53)49-46(44-50)47(52)42-40-38-36-34-32-16-14-12-10-8-6-4-2/h23-24,45-47,50-52H,3-22,25-44H2,1-2H3,(H,49,53)/b24-23-. The predicted molar refractivity (Wildman–Crippen MR) is 232 cm³/mol. The molecule has 0 saturated heterocycles. The molecule has 3 atom stereocenters. The van der Waals surface area contributed by atoms with E-state index in [0.29, 0.717) is 12.8 Å². The molecular weight excluding hydrogens is 655 g/mol. The first-order valence-electron chi connectivity index (χ1n) is 24.0. The fraction of sp³-hybridized carbons (Fsp3) is 0.938. The summed E-state index contributed by atoms with van der Waals surface area (Å²) in [7, 11) is 0. The lowest BCUT2D eigenvalue weighted by Gasteiger charge is -2.23. The van der Waals surface area contributed by atoms with Gasteiger partial charge in [0.1, 0.15) is 0 Å². The number of carbonyl (C=O) groups excluding carboxylic acids is 1. The lowest BCUT2D eigenvalue weighted by atomic mass is 10.0. The summed E-state index contributed by atoms with van der Waals surface area (Å²) in [6.07, 6.45) is 52.0. The molecule has 0 aliphatic heterocycles. The van der Waals surface area contributed by atoms with E-state index in [1.807, 2.05) is 0 Å². The number of unbranched alkanes of at least 4 members (excludes halogenated alkanes) is 33. The summed E-state index contributed by atoms with van der Waals surface area (Å²) in [5.41, 5.74) is 0. The van der Waals surface area contributed by atoms with Crippen LogP contribution in [0.4, 0.5) is 0 Å². The van der Waals surface area contributed by atoms with Crippen molar-refractivity contribution in [1.82, 2.24) is 5.32 Å². The Labute approximate surface area is 331 Å². The summed E-state index contributed by atoms with van der Waals surface area (Å²) in [4.78, 5) is 12.5. The van der Waals surface area contributed by atoms with Crippen LogP contribution >= 0.6 is 0 Å². The molecule has 53 heavy (non-hydrogen) atoms. The van der Waals surface area contributed by atoms with E-state index in [9.17, 15) is 20.1 Å². The predicted octanol–water partition coefficient (Wildman–Crippen LogP) is 14.0. The maximum Gasteiger partial charge on any atom is 0.222 e. The number of aliphatic hydroxyl groups excluding tert-OH is 3. The molecule has 5 heteroatoms. The molecule has 4 N–H and O–H groups in total. The Morgan fingerprint density at radius 1 is 0.453 bits per heavy atom. The summed E-state index contributed by atoms with van der Waals surface area (Å²) in [6, 6.07) is -0.655. The second-order valence-corrected chi connectivity index (χ2v) is 16.7. The van der Waals surface area contributed by atoms with E-state index in [1.54, 1.807) is 0 Å². The molecule has 0 aliphatic carbocycles. The summed E-state index contributed by atoms with van der Waals surface area (Å²) in [5.74, 6) is -0.281. The average molecular weight is 750 g/mol. The van der Waals surface area contributed by atoms with Crippen LogP contribution in [0, 0.1) is 0 Å². The number of amides is 1. The zero-order chi connectivity index (χ0) is 38.7. The Kier molecular flexibility index (Phi) is 43.1. The Morgan fingerprint density at radius 3 is 1.09 bits per heavy atom. The second-order valence-electron chi connectivity index (χ2n) is 16.7. The Balaban J connectivity index is 3.52. The van der Waals surface area contributed by atoms with Gasteiger partial charge >= 0.3 is 0 Å². The van der Waals surface area contributed by atoms with Crippen molar-refractivity contribution in [3.63, 3.8) is 0 Å². The number of hydrogen-bond donors (Lipinski definition) is 4. The lowest BCUT2D eigenvalue weighted by Crippen LogP contribution is -2.46. The number of nitrogens with one attached hydrogen (secondary N) is 1.